The van der Waals surface area contributed by atoms with Gasteiger partial charge in [-0.15, -0.1) is 0 Å². The van der Waals surface area contributed by atoms with Crippen LogP contribution in [0.15, 0.2) is 18.2 Å². The molecule has 20 heavy (non-hydrogen) atoms. The van der Waals surface area contributed by atoms with Gasteiger partial charge in [0, 0.05) is 6.04 Å². The average Bonchev–Trinajstić information content (AvgIpc) is 3.16. The number of hydrogen-bond donors (Lipinski definition) is 1. The highest BCUT2D eigenvalue weighted by atomic mass is 19.4. The van der Waals surface area contributed by atoms with Crippen LogP contribution < -0.4 is 5.32 Å². The molecule has 112 valence electrons. The van der Waals surface area contributed by atoms with Gasteiger partial charge in [0.2, 0.25) is 0 Å². The molecule has 0 amide bonds. The SMILES string of the molecule is CCNC(CCC1CC1)c1cc(F)ccc1C(F)(F)F. The first-order chi connectivity index (χ1) is 9.41. The van der Waals surface area contributed by atoms with E-state index in [2.05, 4.69) is 5.32 Å². The molecule has 1 aromatic rings. The van der Waals surface area contributed by atoms with Gasteiger partial charge in [-0.2, -0.15) is 13.2 Å². The molecule has 0 saturated heterocycles. The van der Waals surface area contributed by atoms with Gasteiger partial charge >= 0.3 is 6.18 Å². The van der Waals surface area contributed by atoms with Gasteiger partial charge in [0.25, 0.3) is 0 Å². The van der Waals surface area contributed by atoms with Gasteiger partial charge in [-0.3, -0.25) is 0 Å². The van der Waals surface area contributed by atoms with E-state index in [1.807, 2.05) is 6.92 Å². The number of hydrogen-bond acceptors (Lipinski definition) is 1. The topological polar surface area (TPSA) is 12.0 Å². The molecule has 1 aliphatic carbocycles. The summed E-state index contributed by atoms with van der Waals surface area (Å²) in [5, 5.41) is 3.06. The molecule has 1 unspecified atom stereocenters. The zero-order valence-corrected chi connectivity index (χ0v) is 11.4. The zero-order valence-electron chi connectivity index (χ0n) is 11.4. The highest BCUT2D eigenvalue weighted by Gasteiger charge is 2.35. The van der Waals surface area contributed by atoms with Crippen LogP contribution in [0.25, 0.3) is 0 Å². The monoisotopic (exact) mass is 289 g/mol. The van der Waals surface area contributed by atoms with Gasteiger partial charge in [-0.05, 0) is 49.1 Å². The van der Waals surface area contributed by atoms with Gasteiger partial charge in [-0.1, -0.05) is 19.8 Å². The summed E-state index contributed by atoms with van der Waals surface area (Å²) in [7, 11) is 0. The highest BCUT2D eigenvalue weighted by Crippen LogP contribution is 2.39. The van der Waals surface area contributed by atoms with Crippen LogP contribution in [0, 0.1) is 11.7 Å². The Kier molecular flexibility index (Phi) is 4.68. The summed E-state index contributed by atoms with van der Waals surface area (Å²) in [6, 6.07) is 2.29. The summed E-state index contributed by atoms with van der Waals surface area (Å²) in [5.74, 6) is 0.0152. The minimum absolute atomic E-state index is 0.0278. The van der Waals surface area contributed by atoms with Gasteiger partial charge < -0.3 is 5.32 Å². The third kappa shape index (κ3) is 3.95. The first-order valence-corrected chi connectivity index (χ1v) is 7.01. The lowest BCUT2D eigenvalue weighted by molar-refractivity contribution is -0.138. The van der Waals surface area contributed by atoms with Crippen molar-refractivity contribution in [2.75, 3.05) is 6.54 Å². The fourth-order valence-electron chi connectivity index (χ4n) is 2.50. The van der Waals surface area contributed by atoms with E-state index in [0.717, 1.165) is 37.5 Å². The molecule has 1 nitrogen and oxygen atoms in total. The van der Waals surface area contributed by atoms with Crippen LogP contribution in [0.3, 0.4) is 0 Å². The molecule has 1 fully saturated rings. The number of halogens is 4. The Bertz CT molecular complexity index is 452. The van der Waals surface area contributed by atoms with E-state index in [1.165, 1.54) is 0 Å². The van der Waals surface area contributed by atoms with Crippen LogP contribution in [-0.4, -0.2) is 6.54 Å². The van der Waals surface area contributed by atoms with Crippen molar-refractivity contribution in [3.8, 4) is 0 Å². The third-order valence-electron chi connectivity index (χ3n) is 3.71. The van der Waals surface area contributed by atoms with Crippen LogP contribution in [0.2, 0.25) is 0 Å². The quantitative estimate of drug-likeness (QED) is 0.749. The van der Waals surface area contributed by atoms with Crippen LogP contribution in [0.4, 0.5) is 17.6 Å². The molecule has 2 rings (SSSR count). The third-order valence-corrected chi connectivity index (χ3v) is 3.71. The smallest absolute Gasteiger partial charge is 0.310 e. The van der Waals surface area contributed by atoms with Crippen molar-refractivity contribution in [2.45, 2.75) is 44.8 Å². The second-order valence-corrected chi connectivity index (χ2v) is 5.36. The van der Waals surface area contributed by atoms with E-state index in [1.54, 1.807) is 0 Å². The Morgan fingerprint density at radius 2 is 2.00 bits per heavy atom. The number of nitrogens with one attached hydrogen (secondary N) is 1. The second-order valence-electron chi connectivity index (χ2n) is 5.36. The summed E-state index contributed by atoms with van der Waals surface area (Å²) in [6.45, 7) is 2.40. The normalized spacial score (nSPS) is 17.2. The number of rotatable bonds is 6. The van der Waals surface area contributed by atoms with Gasteiger partial charge in [0.05, 0.1) is 5.56 Å². The highest BCUT2D eigenvalue weighted by molar-refractivity contribution is 5.33. The van der Waals surface area contributed by atoms with E-state index in [0.29, 0.717) is 18.9 Å². The Balaban J connectivity index is 2.26. The maximum absolute atomic E-state index is 13.4. The zero-order chi connectivity index (χ0) is 14.8. The molecular weight excluding hydrogens is 270 g/mol. The van der Waals surface area contributed by atoms with Crippen LogP contribution in [-0.2, 0) is 6.18 Å². The molecule has 1 atom stereocenters. The first-order valence-electron chi connectivity index (χ1n) is 7.01. The van der Waals surface area contributed by atoms with Crippen molar-refractivity contribution in [1.82, 2.24) is 5.32 Å². The first kappa shape index (κ1) is 15.3. The predicted octanol–water partition coefficient (Wildman–Crippen LogP) is 4.69. The number of benzene rings is 1. The fourth-order valence-corrected chi connectivity index (χ4v) is 2.50. The van der Waals surface area contributed by atoms with Crippen molar-refractivity contribution < 1.29 is 17.6 Å². The summed E-state index contributed by atoms with van der Waals surface area (Å²) in [6.07, 6.45) is -0.616. The van der Waals surface area contributed by atoms with Gasteiger partial charge in [-0.25, -0.2) is 4.39 Å². The van der Waals surface area contributed by atoms with Crippen LogP contribution in [0.1, 0.15) is 49.8 Å². The molecule has 5 heteroatoms. The molecule has 0 aromatic heterocycles. The van der Waals surface area contributed by atoms with Crippen LogP contribution in [0.5, 0.6) is 0 Å². The molecule has 1 N–H and O–H groups in total. The Hall–Kier alpha value is -1.10. The van der Waals surface area contributed by atoms with E-state index < -0.39 is 23.6 Å². The van der Waals surface area contributed by atoms with Crippen molar-refractivity contribution in [3.05, 3.63) is 35.1 Å². The summed E-state index contributed by atoms with van der Waals surface area (Å²) in [4.78, 5) is 0. The Labute approximate surface area is 116 Å². The van der Waals surface area contributed by atoms with E-state index in [-0.39, 0.29) is 5.56 Å². The summed E-state index contributed by atoms with van der Waals surface area (Å²) < 4.78 is 52.5. The lowest BCUT2D eigenvalue weighted by atomic mass is 9.95. The molecule has 0 spiro atoms. The molecule has 1 aromatic carbocycles. The van der Waals surface area contributed by atoms with Crippen molar-refractivity contribution in [1.29, 1.82) is 0 Å². The van der Waals surface area contributed by atoms with Crippen LogP contribution >= 0.6 is 0 Å². The lowest BCUT2D eigenvalue weighted by Gasteiger charge is -2.22. The fraction of sp³-hybridized carbons (Fsp3) is 0.600. The lowest BCUT2D eigenvalue weighted by Crippen LogP contribution is -2.24. The molecular formula is C15H19F4N. The molecule has 1 saturated carbocycles. The average molecular weight is 289 g/mol. The van der Waals surface area contributed by atoms with Crippen molar-refractivity contribution >= 4 is 0 Å². The summed E-state index contributed by atoms with van der Waals surface area (Å²) in [5.41, 5.74) is -0.708. The maximum Gasteiger partial charge on any atom is 0.416 e. The largest absolute Gasteiger partial charge is 0.416 e. The molecule has 0 radical (unpaired) electrons. The van der Waals surface area contributed by atoms with Crippen molar-refractivity contribution in [3.63, 3.8) is 0 Å². The maximum atomic E-state index is 13.4. The number of alkyl halides is 3. The minimum Gasteiger partial charge on any atom is -0.310 e. The Morgan fingerprint density at radius 1 is 1.30 bits per heavy atom. The van der Waals surface area contributed by atoms with Crippen molar-refractivity contribution in [2.24, 2.45) is 5.92 Å². The summed E-state index contributed by atoms with van der Waals surface area (Å²) >= 11 is 0. The second kappa shape index (κ2) is 6.12. The molecule has 0 bridgehead atoms. The van der Waals surface area contributed by atoms with E-state index in [4.69, 9.17) is 0 Å². The van der Waals surface area contributed by atoms with Gasteiger partial charge in [0.1, 0.15) is 5.82 Å². The van der Waals surface area contributed by atoms with E-state index >= 15 is 0 Å². The molecule has 0 aliphatic heterocycles. The standard InChI is InChI=1S/C15H19F4N/c1-2-20-14(8-5-10-3-4-10)12-9-11(16)6-7-13(12)15(17,18)19/h6-7,9-10,14,20H,2-5,8H2,1H3. The van der Waals surface area contributed by atoms with E-state index in [9.17, 15) is 17.6 Å². The van der Waals surface area contributed by atoms with Gasteiger partial charge in [0.15, 0.2) is 0 Å². The minimum atomic E-state index is -4.45. The molecule has 1 aliphatic rings. The molecule has 0 heterocycles. The Morgan fingerprint density at radius 3 is 2.55 bits per heavy atom. The predicted molar refractivity (Wildman–Crippen MR) is 69.8 cm³/mol.